The van der Waals surface area contributed by atoms with Crippen molar-refractivity contribution in [1.82, 2.24) is 19.6 Å². The van der Waals surface area contributed by atoms with E-state index in [2.05, 4.69) is 26.5 Å². The van der Waals surface area contributed by atoms with Gasteiger partial charge in [-0.25, -0.2) is 14.2 Å². The number of aryl methyl sites for hydroxylation is 1. The molecule has 9 heteroatoms. The lowest BCUT2D eigenvalue weighted by atomic mass is 10.0. The van der Waals surface area contributed by atoms with E-state index in [1.165, 1.54) is 6.07 Å². The molecule has 36 heavy (non-hydrogen) atoms. The maximum atomic E-state index is 13.8. The fourth-order valence-corrected chi connectivity index (χ4v) is 4.99. The van der Waals surface area contributed by atoms with Crippen LogP contribution in [0.25, 0.3) is 16.6 Å². The van der Waals surface area contributed by atoms with Crippen LogP contribution < -0.4 is 10.2 Å². The number of halogens is 1. The van der Waals surface area contributed by atoms with E-state index < -0.39 is 5.97 Å². The van der Waals surface area contributed by atoms with Gasteiger partial charge >= 0.3 is 5.97 Å². The topological polar surface area (TPSA) is 95.6 Å². The summed E-state index contributed by atoms with van der Waals surface area (Å²) in [6.45, 7) is 5.12. The van der Waals surface area contributed by atoms with Gasteiger partial charge < -0.3 is 15.3 Å². The van der Waals surface area contributed by atoms with Gasteiger partial charge in [-0.2, -0.15) is 0 Å². The molecule has 3 aromatic carbocycles. The largest absolute Gasteiger partial charge is 0.478 e. The fourth-order valence-electron chi connectivity index (χ4n) is 4.99. The number of para-hydroxylation sites is 1. The van der Waals surface area contributed by atoms with Crippen LogP contribution in [0.5, 0.6) is 0 Å². The molecule has 0 radical (unpaired) electrons. The Balaban J connectivity index is 1.48. The fraction of sp³-hybridized carbons (Fsp3) is 0.185. The minimum atomic E-state index is -0.991. The van der Waals surface area contributed by atoms with Crippen LogP contribution in [0.15, 0.2) is 60.9 Å². The maximum absolute atomic E-state index is 13.8. The van der Waals surface area contributed by atoms with E-state index in [1.807, 2.05) is 30.4 Å². The first-order valence-corrected chi connectivity index (χ1v) is 11.6. The summed E-state index contributed by atoms with van der Waals surface area (Å²) < 4.78 is 15.7. The van der Waals surface area contributed by atoms with Crippen LogP contribution in [0.1, 0.15) is 45.6 Å². The first-order valence-electron chi connectivity index (χ1n) is 11.6. The number of benzene rings is 3. The van der Waals surface area contributed by atoms with Gasteiger partial charge in [-0.15, -0.1) is 10.2 Å². The quantitative estimate of drug-likeness (QED) is 0.359. The molecule has 180 valence electrons. The van der Waals surface area contributed by atoms with E-state index in [0.29, 0.717) is 30.4 Å². The first kappa shape index (κ1) is 22.0. The van der Waals surface area contributed by atoms with E-state index in [-0.39, 0.29) is 17.4 Å². The normalized spacial score (nSPS) is 13.8. The van der Waals surface area contributed by atoms with Crippen LogP contribution in [0.4, 0.5) is 16.0 Å². The Labute approximate surface area is 206 Å². The van der Waals surface area contributed by atoms with Gasteiger partial charge in [0.25, 0.3) is 0 Å². The Bertz CT molecular complexity index is 1660. The summed E-state index contributed by atoms with van der Waals surface area (Å²) in [5.74, 6) is -0.576. The number of carbonyl (C=O) groups is 1. The zero-order chi connectivity index (χ0) is 25.0. The average Bonchev–Trinajstić information content (AvgIpc) is 3.50. The molecular formula is C27H23FN6O2. The molecule has 2 N–H and O–H groups in total. The molecule has 1 atom stereocenters. The highest BCUT2D eigenvalue weighted by Gasteiger charge is 2.25. The monoisotopic (exact) mass is 482 g/mol. The molecule has 1 aliphatic heterocycles. The number of nitrogens with zero attached hydrogens (tertiary/aromatic N) is 5. The molecule has 5 aromatic rings. The highest BCUT2D eigenvalue weighted by Crippen LogP contribution is 2.34. The van der Waals surface area contributed by atoms with Gasteiger partial charge in [0.1, 0.15) is 12.1 Å². The SMILES string of the molecule is Cc1cc(C(C)Nc2ccccc2C(=O)O)c2nc(N3Cc4ccc(F)cc4C3)n3cnnc3c2c1. The third kappa shape index (κ3) is 3.60. The van der Waals surface area contributed by atoms with E-state index >= 15 is 0 Å². The predicted octanol–water partition coefficient (Wildman–Crippen LogP) is 5.12. The van der Waals surface area contributed by atoms with Crippen molar-refractivity contribution in [3.8, 4) is 0 Å². The number of nitrogens with one attached hydrogen (secondary N) is 1. The summed E-state index contributed by atoms with van der Waals surface area (Å²) in [6, 6.07) is 15.6. The highest BCUT2D eigenvalue weighted by atomic mass is 19.1. The van der Waals surface area contributed by atoms with Crippen LogP contribution >= 0.6 is 0 Å². The summed E-state index contributed by atoms with van der Waals surface area (Å²) >= 11 is 0. The molecule has 6 rings (SSSR count). The van der Waals surface area contributed by atoms with Crippen LogP contribution in [0.2, 0.25) is 0 Å². The third-order valence-electron chi connectivity index (χ3n) is 6.67. The van der Waals surface area contributed by atoms with Gasteiger partial charge in [-0.3, -0.25) is 4.40 Å². The van der Waals surface area contributed by atoms with Crippen molar-refractivity contribution in [2.75, 3.05) is 10.2 Å². The average molecular weight is 483 g/mol. The van der Waals surface area contributed by atoms with Crippen molar-refractivity contribution in [3.05, 3.63) is 94.6 Å². The Morgan fingerprint density at radius 1 is 1.11 bits per heavy atom. The summed E-state index contributed by atoms with van der Waals surface area (Å²) in [5.41, 5.74) is 6.11. The second kappa shape index (κ2) is 8.30. The van der Waals surface area contributed by atoms with Crippen LogP contribution in [-0.4, -0.2) is 30.7 Å². The molecule has 0 saturated carbocycles. The summed E-state index contributed by atoms with van der Waals surface area (Å²) in [7, 11) is 0. The summed E-state index contributed by atoms with van der Waals surface area (Å²) in [5, 5.41) is 22.4. The Kier molecular flexibility index (Phi) is 5.06. The number of rotatable bonds is 5. The van der Waals surface area contributed by atoms with Gasteiger partial charge in [-0.05, 0) is 60.9 Å². The second-order valence-electron chi connectivity index (χ2n) is 9.17. The number of anilines is 2. The molecule has 0 saturated heterocycles. The highest BCUT2D eigenvalue weighted by molar-refractivity contribution is 5.96. The molecule has 3 heterocycles. The number of aromatic carboxylic acids is 1. The number of fused-ring (bicyclic) bond motifs is 4. The summed E-state index contributed by atoms with van der Waals surface area (Å²) in [4.78, 5) is 18.9. The van der Waals surface area contributed by atoms with E-state index in [4.69, 9.17) is 4.98 Å². The lowest BCUT2D eigenvalue weighted by Crippen LogP contribution is -2.20. The molecule has 8 nitrogen and oxygen atoms in total. The second-order valence-corrected chi connectivity index (χ2v) is 9.17. The molecule has 0 spiro atoms. The molecule has 1 aliphatic rings. The van der Waals surface area contributed by atoms with Crippen molar-refractivity contribution in [1.29, 1.82) is 0 Å². The standard InChI is InChI=1S/C27H23FN6O2/c1-15-9-21(16(2)30-23-6-4-3-5-20(23)26(35)36)24-22(10-15)25-32-29-14-34(25)27(31-24)33-12-17-7-8-19(28)11-18(17)13-33/h3-11,14,16,30H,12-13H2,1-2H3,(H,35,36). The number of aromatic nitrogens is 4. The molecule has 2 aromatic heterocycles. The molecule has 0 amide bonds. The third-order valence-corrected chi connectivity index (χ3v) is 6.67. The Morgan fingerprint density at radius 3 is 2.75 bits per heavy atom. The molecular weight excluding hydrogens is 459 g/mol. The zero-order valence-electron chi connectivity index (χ0n) is 19.7. The minimum absolute atomic E-state index is 0.205. The van der Waals surface area contributed by atoms with Gasteiger partial charge in [0.2, 0.25) is 5.95 Å². The minimum Gasteiger partial charge on any atom is -0.478 e. The van der Waals surface area contributed by atoms with Crippen molar-refractivity contribution in [2.24, 2.45) is 0 Å². The van der Waals surface area contributed by atoms with Crippen molar-refractivity contribution < 1.29 is 14.3 Å². The lowest BCUT2D eigenvalue weighted by molar-refractivity contribution is 0.0698. The predicted molar refractivity (Wildman–Crippen MR) is 135 cm³/mol. The van der Waals surface area contributed by atoms with Gasteiger partial charge in [0.05, 0.1) is 17.1 Å². The molecule has 0 bridgehead atoms. The van der Waals surface area contributed by atoms with E-state index in [0.717, 1.165) is 33.2 Å². The Hall–Kier alpha value is -4.53. The van der Waals surface area contributed by atoms with Crippen LogP contribution in [0, 0.1) is 12.7 Å². The van der Waals surface area contributed by atoms with Gasteiger partial charge in [0, 0.05) is 29.7 Å². The van der Waals surface area contributed by atoms with E-state index in [1.54, 1.807) is 36.7 Å². The van der Waals surface area contributed by atoms with Crippen molar-refractivity contribution in [3.63, 3.8) is 0 Å². The number of hydrogen-bond donors (Lipinski definition) is 2. The van der Waals surface area contributed by atoms with Gasteiger partial charge in [0.15, 0.2) is 5.65 Å². The number of carboxylic acids is 1. The molecule has 0 aliphatic carbocycles. The molecule has 1 unspecified atom stereocenters. The number of hydrogen-bond acceptors (Lipinski definition) is 6. The maximum Gasteiger partial charge on any atom is 0.337 e. The van der Waals surface area contributed by atoms with Crippen molar-refractivity contribution in [2.45, 2.75) is 33.0 Å². The Morgan fingerprint density at radius 2 is 1.92 bits per heavy atom. The van der Waals surface area contributed by atoms with Crippen molar-refractivity contribution >= 4 is 34.2 Å². The smallest absolute Gasteiger partial charge is 0.337 e. The van der Waals surface area contributed by atoms with E-state index in [9.17, 15) is 14.3 Å². The number of carboxylic acid groups (broad SMARTS) is 1. The van der Waals surface area contributed by atoms with Crippen LogP contribution in [-0.2, 0) is 13.1 Å². The molecule has 0 fully saturated rings. The lowest BCUT2D eigenvalue weighted by Gasteiger charge is -2.22. The van der Waals surface area contributed by atoms with Crippen LogP contribution in [0.3, 0.4) is 0 Å². The summed E-state index contributed by atoms with van der Waals surface area (Å²) in [6.07, 6.45) is 1.65. The first-order chi connectivity index (χ1) is 17.4. The van der Waals surface area contributed by atoms with Gasteiger partial charge in [-0.1, -0.05) is 24.3 Å². The zero-order valence-corrected chi connectivity index (χ0v) is 19.7.